The van der Waals surface area contributed by atoms with Crippen LogP contribution >= 0.6 is 0 Å². The van der Waals surface area contributed by atoms with Gasteiger partial charge in [0.1, 0.15) is 0 Å². The zero-order valence-corrected chi connectivity index (χ0v) is 11.3. The topological polar surface area (TPSA) is 83.8 Å². The fraction of sp³-hybridized carbons (Fsp3) is 0.692. The number of hydrogen-bond donors (Lipinski definition) is 3. The summed E-state index contributed by atoms with van der Waals surface area (Å²) in [6.07, 6.45) is 3.46. The molecule has 100 valence electrons. The molecule has 0 radical (unpaired) electrons. The molecule has 5 heteroatoms. The van der Waals surface area contributed by atoms with Crippen molar-refractivity contribution in [2.75, 3.05) is 5.73 Å². The highest BCUT2D eigenvalue weighted by molar-refractivity contribution is 5.97. The quantitative estimate of drug-likeness (QED) is 0.749. The standard InChI is InChI=1S/C13H22N4O/c1-7-5-4-6-10(8(7)2)15-13(18)12-11(14)9(3)16-17-12/h7-8,10H,4-6,14H2,1-3H3,(H,15,18)(H,16,17). The first-order chi connectivity index (χ1) is 8.50. The van der Waals surface area contributed by atoms with E-state index < -0.39 is 0 Å². The Hall–Kier alpha value is -1.52. The predicted molar refractivity (Wildman–Crippen MR) is 71.2 cm³/mol. The fourth-order valence-electron chi connectivity index (χ4n) is 2.63. The summed E-state index contributed by atoms with van der Waals surface area (Å²) in [5, 5.41) is 9.77. The van der Waals surface area contributed by atoms with Crippen LogP contribution in [0.2, 0.25) is 0 Å². The highest BCUT2D eigenvalue weighted by Gasteiger charge is 2.29. The number of aryl methyl sites for hydroxylation is 1. The first-order valence-corrected chi connectivity index (χ1v) is 6.62. The number of H-pyrrole nitrogens is 1. The van der Waals surface area contributed by atoms with E-state index in [0.717, 1.165) is 12.1 Å². The molecule has 4 N–H and O–H groups in total. The van der Waals surface area contributed by atoms with Crippen molar-refractivity contribution in [2.45, 2.75) is 46.1 Å². The third-order valence-electron chi connectivity index (χ3n) is 4.23. The van der Waals surface area contributed by atoms with Crippen LogP contribution in [0.15, 0.2) is 0 Å². The van der Waals surface area contributed by atoms with Crippen LogP contribution in [0.25, 0.3) is 0 Å². The van der Waals surface area contributed by atoms with Crippen molar-refractivity contribution in [3.63, 3.8) is 0 Å². The number of aromatic amines is 1. The van der Waals surface area contributed by atoms with Gasteiger partial charge in [0.25, 0.3) is 5.91 Å². The van der Waals surface area contributed by atoms with Gasteiger partial charge >= 0.3 is 0 Å². The van der Waals surface area contributed by atoms with Crippen molar-refractivity contribution in [2.24, 2.45) is 11.8 Å². The molecule has 1 aromatic heterocycles. The number of nitrogens with zero attached hydrogens (tertiary/aromatic N) is 1. The molecule has 1 saturated carbocycles. The lowest BCUT2D eigenvalue weighted by Gasteiger charge is -2.34. The molecule has 18 heavy (non-hydrogen) atoms. The summed E-state index contributed by atoms with van der Waals surface area (Å²) < 4.78 is 0. The van der Waals surface area contributed by atoms with Gasteiger partial charge in [0.15, 0.2) is 5.69 Å². The van der Waals surface area contributed by atoms with E-state index in [1.165, 1.54) is 12.8 Å². The summed E-state index contributed by atoms with van der Waals surface area (Å²) >= 11 is 0. The van der Waals surface area contributed by atoms with Crippen LogP contribution in [-0.4, -0.2) is 22.1 Å². The van der Waals surface area contributed by atoms with Crippen LogP contribution in [0.3, 0.4) is 0 Å². The zero-order chi connectivity index (χ0) is 13.3. The SMILES string of the molecule is Cc1[nH]nc(C(=O)NC2CCCC(C)C2C)c1N. The molecule has 1 heterocycles. The average molecular weight is 250 g/mol. The second kappa shape index (κ2) is 5.00. The Labute approximate surface area is 108 Å². The van der Waals surface area contributed by atoms with E-state index >= 15 is 0 Å². The van der Waals surface area contributed by atoms with E-state index in [0.29, 0.717) is 23.2 Å². The minimum Gasteiger partial charge on any atom is -0.395 e. The van der Waals surface area contributed by atoms with Crippen molar-refractivity contribution >= 4 is 11.6 Å². The predicted octanol–water partition coefficient (Wildman–Crippen LogP) is 1.85. The lowest BCUT2D eigenvalue weighted by Crippen LogP contribution is -2.44. The molecular formula is C13H22N4O. The Morgan fingerprint density at radius 1 is 1.44 bits per heavy atom. The van der Waals surface area contributed by atoms with Gasteiger partial charge < -0.3 is 11.1 Å². The number of nitrogen functional groups attached to an aromatic ring is 1. The molecule has 1 aliphatic rings. The number of carbonyl (C=O) groups excluding carboxylic acids is 1. The van der Waals surface area contributed by atoms with Crippen LogP contribution in [-0.2, 0) is 0 Å². The van der Waals surface area contributed by atoms with E-state index in [9.17, 15) is 4.79 Å². The molecule has 0 aliphatic heterocycles. The number of amides is 1. The molecule has 1 amide bonds. The molecule has 1 aliphatic carbocycles. The molecule has 3 atom stereocenters. The highest BCUT2D eigenvalue weighted by atomic mass is 16.2. The van der Waals surface area contributed by atoms with Crippen molar-refractivity contribution < 1.29 is 4.79 Å². The van der Waals surface area contributed by atoms with Gasteiger partial charge in [0, 0.05) is 6.04 Å². The van der Waals surface area contributed by atoms with Crippen molar-refractivity contribution in [1.82, 2.24) is 15.5 Å². The van der Waals surface area contributed by atoms with E-state index in [1.54, 1.807) is 0 Å². The Kier molecular flexibility index (Phi) is 3.59. The van der Waals surface area contributed by atoms with Gasteiger partial charge in [-0.3, -0.25) is 9.89 Å². The monoisotopic (exact) mass is 250 g/mol. The number of aromatic nitrogens is 2. The Balaban J connectivity index is 2.05. The molecule has 3 unspecified atom stereocenters. The number of carbonyl (C=O) groups is 1. The summed E-state index contributed by atoms with van der Waals surface area (Å²) in [6.45, 7) is 6.26. The Bertz CT molecular complexity index is 440. The van der Waals surface area contributed by atoms with Crippen LogP contribution in [0.5, 0.6) is 0 Å². The maximum absolute atomic E-state index is 12.1. The molecule has 1 aromatic rings. The summed E-state index contributed by atoms with van der Waals surface area (Å²) in [6, 6.07) is 0.234. The van der Waals surface area contributed by atoms with Gasteiger partial charge in [-0.2, -0.15) is 5.10 Å². The molecular weight excluding hydrogens is 228 g/mol. The summed E-state index contributed by atoms with van der Waals surface area (Å²) in [5.74, 6) is 0.995. The Morgan fingerprint density at radius 3 is 2.78 bits per heavy atom. The van der Waals surface area contributed by atoms with Crippen molar-refractivity contribution in [1.29, 1.82) is 0 Å². The van der Waals surface area contributed by atoms with Gasteiger partial charge in [-0.05, 0) is 25.2 Å². The van der Waals surface area contributed by atoms with Crippen molar-refractivity contribution in [3.05, 3.63) is 11.4 Å². The number of rotatable bonds is 2. The lowest BCUT2D eigenvalue weighted by molar-refractivity contribution is 0.0887. The molecule has 5 nitrogen and oxygen atoms in total. The van der Waals surface area contributed by atoms with Crippen LogP contribution in [0.4, 0.5) is 5.69 Å². The first-order valence-electron chi connectivity index (χ1n) is 6.62. The zero-order valence-electron chi connectivity index (χ0n) is 11.3. The number of nitrogens with two attached hydrogens (primary N) is 1. The number of hydrogen-bond acceptors (Lipinski definition) is 3. The number of anilines is 1. The average Bonchev–Trinajstić information content (AvgIpc) is 2.66. The van der Waals surface area contributed by atoms with Gasteiger partial charge in [-0.1, -0.05) is 26.7 Å². The summed E-state index contributed by atoms with van der Waals surface area (Å²) in [4.78, 5) is 12.1. The molecule has 0 spiro atoms. The maximum Gasteiger partial charge on any atom is 0.274 e. The smallest absolute Gasteiger partial charge is 0.274 e. The van der Waals surface area contributed by atoms with E-state index in [1.807, 2.05) is 6.92 Å². The molecule has 1 fully saturated rings. The molecule has 2 rings (SSSR count). The summed E-state index contributed by atoms with van der Waals surface area (Å²) in [5.41, 5.74) is 7.32. The normalized spacial score (nSPS) is 28.1. The first kappa shape index (κ1) is 12.9. The largest absolute Gasteiger partial charge is 0.395 e. The van der Waals surface area contributed by atoms with Gasteiger partial charge in [0.05, 0.1) is 11.4 Å². The molecule has 0 bridgehead atoms. The minimum atomic E-state index is -0.164. The van der Waals surface area contributed by atoms with Gasteiger partial charge in [-0.15, -0.1) is 0 Å². The van der Waals surface area contributed by atoms with E-state index in [4.69, 9.17) is 5.73 Å². The highest BCUT2D eigenvalue weighted by Crippen LogP contribution is 2.29. The van der Waals surface area contributed by atoms with Gasteiger partial charge in [0.2, 0.25) is 0 Å². The lowest BCUT2D eigenvalue weighted by atomic mass is 9.78. The fourth-order valence-corrected chi connectivity index (χ4v) is 2.63. The van der Waals surface area contributed by atoms with Gasteiger partial charge in [-0.25, -0.2) is 0 Å². The second-order valence-corrected chi connectivity index (χ2v) is 5.46. The third kappa shape index (κ3) is 2.35. The third-order valence-corrected chi connectivity index (χ3v) is 4.23. The van der Waals surface area contributed by atoms with E-state index in [2.05, 4.69) is 29.4 Å². The second-order valence-electron chi connectivity index (χ2n) is 5.46. The van der Waals surface area contributed by atoms with Crippen molar-refractivity contribution in [3.8, 4) is 0 Å². The Morgan fingerprint density at radius 2 is 2.17 bits per heavy atom. The van der Waals surface area contributed by atoms with Crippen LogP contribution < -0.4 is 11.1 Å². The maximum atomic E-state index is 12.1. The van der Waals surface area contributed by atoms with E-state index in [-0.39, 0.29) is 11.9 Å². The molecule has 0 aromatic carbocycles. The molecule has 0 saturated heterocycles. The van der Waals surface area contributed by atoms with Crippen LogP contribution in [0, 0.1) is 18.8 Å². The summed E-state index contributed by atoms with van der Waals surface area (Å²) in [7, 11) is 0. The van der Waals surface area contributed by atoms with Crippen LogP contribution in [0.1, 0.15) is 49.3 Å². The number of nitrogens with one attached hydrogen (secondary N) is 2. The minimum absolute atomic E-state index is 0.164.